The second-order valence-electron chi connectivity index (χ2n) is 6.89. The van der Waals surface area contributed by atoms with Gasteiger partial charge < -0.3 is 10.2 Å². The highest BCUT2D eigenvalue weighted by Gasteiger charge is 2.14. The van der Waals surface area contributed by atoms with E-state index >= 15 is 0 Å². The highest BCUT2D eigenvalue weighted by molar-refractivity contribution is 7.98. The summed E-state index contributed by atoms with van der Waals surface area (Å²) in [6, 6.07) is 9.95. The first-order valence-electron chi connectivity index (χ1n) is 9.18. The minimum absolute atomic E-state index is 0.0196. The lowest BCUT2D eigenvalue weighted by Crippen LogP contribution is -2.35. The van der Waals surface area contributed by atoms with Crippen LogP contribution in [0.5, 0.6) is 0 Å². The molecule has 0 fully saturated rings. The van der Waals surface area contributed by atoms with Crippen molar-refractivity contribution in [1.82, 2.24) is 14.7 Å². The lowest BCUT2D eigenvalue weighted by atomic mass is 10.1. The quantitative estimate of drug-likeness (QED) is 0.604. The lowest BCUT2D eigenvalue weighted by molar-refractivity contribution is 0.155. The molecule has 2 aromatic rings. The second-order valence-corrected chi connectivity index (χ2v) is 7.77. The van der Waals surface area contributed by atoms with E-state index < -0.39 is 0 Å². The summed E-state index contributed by atoms with van der Waals surface area (Å²) in [5.74, 6) is 0.295. The number of rotatable bonds is 10. The molecule has 0 bridgehead atoms. The molecular weight excluding hydrogens is 362 g/mol. The van der Waals surface area contributed by atoms with Gasteiger partial charge in [0.2, 0.25) is 0 Å². The predicted molar refractivity (Wildman–Crippen MR) is 110 cm³/mol. The summed E-state index contributed by atoms with van der Waals surface area (Å²) >= 11 is 1.68. The van der Waals surface area contributed by atoms with E-state index in [0.29, 0.717) is 37.7 Å². The van der Waals surface area contributed by atoms with Gasteiger partial charge in [0, 0.05) is 42.2 Å². The van der Waals surface area contributed by atoms with Crippen LogP contribution in [0.15, 0.2) is 40.0 Å². The number of aromatic nitrogens is 2. The van der Waals surface area contributed by atoms with E-state index in [0.717, 1.165) is 11.3 Å². The first-order chi connectivity index (χ1) is 13.0. The smallest absolute Gasteiger partial charge is 0.271 e. The zero-order chi connectivity index (χ0) is 19.8. The largest absolute Gasteiger partial charge is 0.395 e. The summed E-state index contributed by atoms with van der Waals surface area (Å²) in [6.07, 6.45) is 2.03. The maximum atomic E-state index is 12.9. The lowest BCUT2D eigenvalue weighted by Gasteiger charge is -2.21. The summed E-state index contributed by atoms with van der Waals surface area (Å²) < 4.78 is 1.54. The van der Waals surface area contributed by atoms with Crippen LogP contribution in [0.2, 0.25) is 0 Å². The summed E-state index contributed by atoms with van der Waals surface area (Å²) in [7, 11) is 0. The minimum atomic E-state index is -0.117. The molecule has 0 unspecified atom stereocenters. The van der Waals surface area contributed by atoms with Crippen molar-refractivity contribution in [3.63, 3.8) is 0 Å². The number of aliphatic hydroxyl groups is 2. The topological polar surface area (TPSA) is 78.6 Å². The number of hydrogen-bond donors (Lipinski definition) is 2. The fourth-order valence-corrected chi connectivity index (χ4v) is 3.28. The van der Waals surface area contributed by atoms with Gasteiger partial charge in [-0.3, -0.25) is 9.69 Å². The highest BCUT2D eigenvalue weighted by Crippen LogP contribution is 2.22. The predicted octanol–water partition coefficient (Wildman–Crippen LogP) is 2.07. The maximum absolute atomic E-state index is 12.9. The molecule has 1 aromatic carbocycles. The van der Waals surface area contributed by atoms with Gasteiger partial charge in [-0.25, -0.2) is 4.68 Å². The molecule has 1 aromatic heterocycles. The van der Waals surface area contributed by atoms with Gasteiger partial charge in [0.25, 0.3) is 5.56 Å². The van der Waals surface area contributed by atoms with E-state index in [1.54, 1.807) is 11.8 Å². The Morgan fingerprint density at radius 2 is 1.78 bits per heavy atom. The van der Waals surface area contributed by atoms with Gasteiger partial charge in [0.1, 0.15) is 0 Å². The van der Waals surface area contributed by atoms with Crippen LogP contribution in [-0.2, 0) is 13.1 Å². The van der Waals surface area contributed by atoms with Crippen molar-refractivity contribution >= 4 is 11.8 Å². The molecule has 7 heteroatoms. The van der Waals surface area contributed by atoms with Gasteiger partial charge in [-0.2, -0.15) is 5.10 Å². The Hall–Kier alpha value is -1.67. The summed E-state index contributed by atoms with van der Waals surface area (Å²) in [5, 5.41) is 23.1. The SMILES string of the molecule is CSc1ccc(-c2cc(CN(CCO)CCO)c(=O)n(CC(C)C)n2)cc1. The van der Waals surface area contributed by atoms with Crippen LogP contribution in [-0.4, -0.2) is 57.5 Å². The Bertz CT molecular complexity index is 769. The van der Waals surface area contributed by atoms with E-state index in [1.165, 1.54) is 9.58 Å². The number of hydrogen-bond acceptors (Lipinski definition) is 6. The summed E-state index contributed by atoms with van der Waals surface area (Å²) in [6.45, 7) is 5.80. The molecule has 2 N–H and O–H groups in total. The average molecular weight is 392 g/mol. The van der Waals surface area contributed by atoms with Crippen molar-refractivity contribution in [3.8, 4) is 11.3 Å². The van der Waals surface area contributed by atoms with Crippen molar-refractivity contribution in [2.75, 3.05) is 32.6 Å². The summed E-state index contributed by atoms with van der Waals surface area (Å²) in [5.41, 5.74) is 2.22. The molecule has 27 heavy (non-hydrogen) atoms. The van der Waals surface area contributed by atoms with Crippen LogP contribution in [0, 0.1) is 5.92 Å². The molecule has 0 amide bonds. The minimum Gasteiger partial charge on any atom is -0.395 e. The van der Waals surface area contributed by atoms with Crippen molar-refractivity contribution in [3.05, 3.63) is 46.2 Å². The molecule has 148 valence electrons. The number of thioether (sulfide) groups is 1. The Morgan fingerprint density at radius 3 is 2.30 bits per heavy atom. The van der Waals surface area contributed by atoms with Crippen LogP contribution < -0.4 is 5.56 Å². The molecule has 0 aliphatic carbocycles. The standard InChI is InChI=1S/C20H29N3O3S/c1-15(2)13-23-20(26)17(14-22(8-10-24)9-11-25)12-19(21-23)16-4-6-18(27-3)7-5-16/h4-7,12,15,24-25H,8-11,13-14H2,1-3H3. The summed E-state index contributed by atoms with van der Waals surface area (Å²) in [4.78, 5) is 15.9. The van der Waals surface area contributed by atoms with Gasteiger partial charge in [-0.1, -0.05) is 26.0 Å². The first-order valence-corrected chi connectivity index (χ1v) is 10.4. The van der Waals surface area contributed by atoms with Gasteiger partial charge in [-0.15, -0.1) is 11.8 Å². The average Bonchev–Trinajstić information content (AvgIpc) is 2.65. The van der Waals surface area contributed by atoms with Gasteiger partial charge >= 0.3 is 0 Å². The van der Waals surface area contributed by atoms with E-state index in [1.807, 2.05) is 41.5 Å². The van der Waals surface area contributed by atoms with Gasteiger partial charge in [-0.05, 0) is 30.4 Å². The maximum Gasteiger partial charge on any atom is 0.271 e. The van der Waals surface area contributed by atoms with Crippen LogP contribution in [0.1, 0.15) is 19.4 Å². The fourth-order valence-electron chi connectivity index (χ4n) is 2.88. The molecule has 0 aliphatic heterocycles. The molecule has 0 saturated carbocycles. The van der Waals surface area contributed by atoms with E-state index in [4.69, 9.17) is 0 Å². The zero-order valence-corrected chi connectivity index (χ0v) is 17.1. The van der Waals surface area contributed by atoms with Crippen molar-refractivity contribution in [1.29, 1.82) is 0 Å². The molecule has 1 heterocycles. The number of aliphatic hydroxyl groups excluding tert-OH is 2. The second kappa shape index (κ2) is 10.6. The van der Waals surface area contributed by atoms with Gasteiger partial charge in [0.15, 0.2) is 0 Å². The van der Waals surface area contributed by atoms with Crippen LogP contribution in [0.3, 0.4) is 0 Å². The Kier molecular flexibility index (Phi) is 8.50. The van der Waals surface area contributed by atoms with Crippen molar-refractivity contribution < 1.29 is 10.2 Å². The third-order valence-electron chi connectivity index (χ3n) is 4.20. The first kappa shape index (κ1) is 21.6. The molecule has 0 spiro atoms. The normalized spacial score (nSPS) is 11.5. The Morgan fingerprint density at radius 1 is 1.15 bits per heavy atom. The molecular formula is C20H29N3O3S. The van der Waals surface area contributed by atoms with E-state index in [2.05, 4.69) is 18.9 Å². The molecule has 0 saturated heterocycles. The highest BCUT2D eigenvalue weighted by atomic mass is 32.2. The molecule has 0 radical (unpaired) electrons. The molecule has 6 nitrogen and oxygen atoms in total. The Labute approximate surface area is 164 Å². The van der Waals surface area contributed by atoms with E-state index in [9.17, 15) is 15.0 Å². The van der Waals surface area contributed by atoms with Crippen LogP contribution >= 0.6 is 11.8 Å². The van der Waals surface area contributed by atoms with E-state index in [-0.39, 0.29) is 18.8 Å². The van der Waals surface area contributed by atoms with Crippen molar-refractivity contribution in [2.24, 2.45) is 5.92 Å². The van der Waals surface area contributed by atoms with Gasteiger partial charge in [0.05, 0.1) is 18.9 Å². The number of benzene rings is 1. The zero-order valence-electron chi connectivity index (χ0n) is 16.3. The van der Waals surface area contributed by atoms with Crippen LogP contribution in [0.25, 0.3) is 11.3 Å². The monoisotopic (exact) mass is 391 g/mol. The molecule has 0 aliphatic rings. The molecule has 0 atom stereocenters. The van der Waals surface area contributed by atoms with Crippen molar-refractivity contribution in [2.45, 2.75) is 31.8 Å². The number of nitrogens with zero attached hydrogens (tertiary/aromatic N) is 3. The third kappa shape index (κ3) is 6.17. The Balaban J connectivity index is 2.45. The molecule has 2 rings (SSSR count). The third-order valence-corrected chi connectivity index (χ3v) is 4.94. The van der Waals surface area contributed by atoms with Crippen LogP contribution in [0.4, 0.5) is 0 Å². The fraction of sp³-hybridized carbons (Fsp3) is 0.500.